The van der Waals surface area contributed by atoms with E-state index in [1.54, 1.807) is 0 Å². The number of sulfonamides is 1. The van der Waals surface area contributed by atoms with Crippen LogP contribution in [0.25, 0.3) is 0 Å². The van der Waals surface area contributed by atoms with Gasteiger partial charge in [-0.3, -0.25) is 4.79 Å². The van der Waals surface area contributed by atoms with Crippen molar-refractivity contribution < 1.29 is 18.3 Å². The summed E-state index contributed by atoms with van der Waals surface area (Å²) in [7, 11) is -2.27. The van der Waals surface area contributed by atoms with Gasteiger partial charge in [-0.15, -0.1) is 0 Å². The van der Waals surface area contributed by atoms with E-state index in [0.29, 0.717) is 0 Å². The van der Waals surface area contributed by atoms with Crippen molar-refractivity contribution in [3.05, 3.63) is 35.9 Å². The number of aliphatic carboxylic acids is 1. The minimum atomic E-state index is -3.55. The number of nitrogens with zero attached hydrogens (tertiary/aromatic N) is 1. The molecule has 1 aromatic rings. The molecule has 0 saturated heterocycles. The maximum atomic E-state index is 11.9. The molecule has 0 aliphatic carbocycles. The Kier molecular flexibility index (Phi) is 4.86. The third kappa shape index (κ3) is 4.12. The fraction of sp³-hybridized carbons (Fsp3) is 0.417. The van der Waals surface area contributed by atoms with E-state index in [1.165, 1.54) is 7.05 Å². The number of carbonyl (C=O) groups is 1. The summed E-state index contributed by atoms with van der Waals surface area (Å²) in [6.45, 7) is 1.30. The monoisotopic (exact) mass is 271 g/mol. The molecular formula is C12H17NO4S. The van der Waals surface area contributed by atoms with Crippen molar-refractivity contribution in [1.82, 2.24) is 4.31 Å². The first-order valence-corrected chi connectivity index (χ1v) is 7.14. The van der Waals surface area contributed by atoms with E-state index >= 15 is 0 Å². The SMILES string of the molecule is CC(CS(=O)(=O)N(C)CC(=O)O)c1ccccc1. The molecule has 0 radical (unpaired) electrons. The zero-order chi connectivity index (χ0) is 13.8. The Morgan fingerprint density at radius 3 is 2.39 bits per heavy atom. The Labute approximate surface area is 107 Å². The van der Waals surface area contributed by atoms with Gasteiger partial charge in [0, 0.05) is 7.05 Å². The van der Waals surface area contributed by atoms with Crippen molar-refractivity contribution in [2.45, 2.75) is 12.8 Å². The lowest BCUT2D eigenvalue weighted by Crippen LogP contribution is -2.35. The lowest BCUT2D eigenvalue weighted by Gasteiger charge is -2.18. The van der Waals surface area contributed by atoms with E-state index in [1.807, 2.05) is 37.3 Å². The van der Waals surface area contributed by atoms with Crippen molar-refractivity contribution in [1.29, 1.82) is 0 Å². The van der Waals surface area contributed by atoms with Gasteiger partial charge in [-0.05, 0) is 11.5 Å². The minimum Gasteiger partial charge on any atom is -0.480 e. The van der Waals surface area contributed by atoms with Gasteiger partial charge >= 0.3 is 5.97 Å². The van der Waals surface area contributed by atoms with Crippen LogP contribution in [0.4, 0.5) is 0 Å². The molecule has 0 fully saturated rings. The van der Waals surface area contributed by atoms with Crippen molar-refractivity contribution in [2.24, 2.45) is 0 Å². The summed E-state index contributed by atoms with van der Waals surface area (Å²) in [5.41, 5.74) is 0.921. The van der Waals surface area contributed by atoms with Gasteiger partial charge in [0.1, 0.15) is 6.54 Å². The third-order valence-electron chi connectivity index (χ3n) is 2.66. The zero-order valence-corrected chi connectivity index (χ0v) is 11.2. The molecule has 18 heavy (non-hydrogen) atoms. The van der Waals surface area contributed by atoms with Gasteiger partial charge < -0.3 is 5.11 Å². The topological polar surface area (TPSA) is 74.7 Å². The van der Waals surface area contributed by atoms with Gasteiger partial charge in [-0.25, -0.2) is 8.42 Å². The number of hydrogen-bond donors (Lipinski definition) is 1. The predicted molar refractivity (Wildman–Crippen MR) is 68.9 cm³/mol. The summed E-state index contributed by atoms with van der Waals surface area (Å²) in [6, 6.07) is 9.27. The summed E-state index contributed by atoms with van der Waals surface area (Å²) < 4.78 is 24.7. The van der Waals surface area contributed by atoms with Crippen LogP contribution < -0.4 is 0 Å². The van der Waals surface area contributed by atoms with Crippen LogP contribution in [0.3, 0.4) is 0 Å². The van der Waals surface area contributed by atoms with E-state index in [0.717, 1.165) is 9.87 Å². The van der Waals surface area contributed by atoms with Crippen LogP contribution in [0, 0.1) is 0 Å². The Balaban J connectivity index is 2.74. The second-order valence-electron chi connectivity index (χ2n) is 4.24. The van der Waals surface area contributed by atoms with Crippen LogP contribution in [0.5, 0.6) is 0 Å². The highest BCUT2D eigenvalue weighted by Crippen LogP contribution is 2.17. The largest absolute Gasteiger partial charge is 0.480 e. The van der Waals surface area contributed by atoms with Gasteiger partial charge in [-0.1, -0.05) is 37.3 Å². The summed E-state index contributed by atoms with van der Waals surface area (Å²) in [5.74, 6) is -1.43. The molecule has 1 aromatic carbocycles. The molecule has 1 rings (SSSR count). The molecule has 0 bridgehead atoms. The van der Waals surface area contributed by atoms with Crippen LogP contribution in [0.15, 0.2) is 30.3 Å². The first-order chi connectivity index (χ1) is 8.33. The Hall–Kier alpha value is -1.40. The van der Waals surface area contributed by atoms with Crippen molar-refractivity contribution in [3.63, 3.8) is 0 Å². The molecule has 0 aliphatic heterocycles. The number of benzene rings is 1. The normalized spacial score (nSPS) is 13.5. The maximum absolute atomic E-state index is 11.9. The Morgan fingerprint density at radius 2 is 1.89 bits per heavy atom. The number of likely N-dealkylation sites (N-methyl/N-ethyl adjacent to an activating group) is 1. The van der Waals surface area contributed by atoms with Crippen molar-refractivity contribution in [2.75, 3.05) is 19.3 Å². The van der Waals surface area contributed by atoms with Gasteiger partial charge in [0.15, 0.2) is 0 Å². The van der Waals surface area contributed by atoms with E-state index in [-0.39, 0.29) is 11.7 Å². The molecule has 1 unspecified atom stereocenters. The molecule has 0 heterocycles. The van der Waals surface area contributed by atoms with Gasteiger partial charge in [0.25, 0.3) is 0 Å². The number of carboxylic acids is 1. The minimum absolute atomic E-state index is 0.0964. The van der Waals surface area contributed by atoms with Crippen LogP contribution in [-0.2, 0) is 14.8 Å². The summed E-state index contributed by atoms with van der Waals surface area (Å²) in [5, 5.41) is 8.59. The highest BCUT2D eigenvalue weighted by molar-refractivity contribution is 7.89. The first kappa shape index (κ1) is 14.7. The lowest BCUT2D eigenvalue weighted by molar-refractivity contribution is -0.137. The molecule has 6 heteroatoms. The van der Waals surface area contributed by atoms with Gasteiger partial charge in [0.2, 0.25) is 10.0 Å². The van der Waals surface area contributed by atoms with Gasteiger partial charge in [0.05, 0.1) is 5.75 Å². The standard InChI is InChI=1S/C12H17NO4S/c1-10(11-6-4-3-5-7-11)9-18(16,17)13(2)8-12(14)15/h3-7,10H,8-9H2,1-2H3,(H,14,15). The first-order valence-electron chi connectivity index (χ1n) is 5.53. The molecule has 0 saturated carbocycles. The van der Waals surface area contributed by atoms with Gasteiger partial charge in [-0.2, -0.15) is 4.31 Å². The van der Waals surface area contributed by atoms with E-state index in [4.69, 9.17) is 5.11 Å². The average molecular weight is 271 g/mol. The number of rotatable bonds is 6. The molecule has 0 amide bonds. The molecule has 0 spiro atoms. The fourth-order valence-electron chi connectivity index (χ4n) is 1.61. The van der Waals surface area contributed by atoms with E-state index < -0.39 is 22.5 Å². The van der Waals surface area contributed by atoms with E-state index in [9.17, 15) is 13.2 Å². The average Bonchev–Trinajstić information content (AvgIpc) is 2.28. The summed E-state index contributed by atoms with van der Waals surface area (Å²) >= 11 is 0. The molecule has 100 valence electrons. The highest BCUT2D eigenvalue weighted by Gasteiger charge is 2.23. The smallest absolute Gasteiger partial charge is 0.318 e. The van der Waals surface area contributed by atoms with Crippen molar-refractivity contribution >= 4 is 16.0 Å². The molecule has 1 atom stereocenters. The molecule has 5 nitrogen and oxygen atoms in total. The Bertz CT molecular complexity index is 498. The second kappa shape index (κ2) is 5.97. The molecule has 0 aliphatic rings. The Morgan fingerprint density at radius 1 is 1.33 bits per heavy atom. The molecule has 1 N–H and O–H groups in total. The maximum Gasteiger partial charge on any atom is 0.318 e. The third-order valence-corrected chi connectivity index (χ3v) is 4.66. The van der Waals surface area contributed by atoms with Crippen LogP contribution in [0.2, 0.25) is 0 Å². The molecular weight excluding hydrogens is 254 g/mol. The van der Waals surface area contributed by atoms with Crippen LogP contribution in [-0.4, -0.2) is 43.1 Å². The summed E-state index contributed by atoms with van der Waals surface area (Å²) in [4.78, 5) is 10.5. The predicted octanol–water partition coefficient (Wildman–Crippen LogP) is 1.14. The van der Waals surface area contributed by atoms with E-state index in [2.05, 4.69) is 0 Å². The van der Waals surface area contributed by atoms with Crippen molar-refractivity contribution in [3.8, 4) is 0 Å². The summed E-state index contributed by atoms with van der Waals surface area (Å²) in [6.07, 6.45) is 0. The quantitative estimate of drug-likeness (QED) is 0.841. The molecule has 0 aromatic heterocycles. The highest BCUT2D eigenvalue weighted by atomic mass is 32.2. The zero-order valence-electron chi connectivity index (χ0n) is 10.4. The lowest BCUT2D eigenvalue weighted by atomic mass is 10.0. The van der Waals surface area contributed by atoms with Crippen LogP contribution >= 0.6 is 0 Å². The van der Waals surface area contributed by atoms with Crippen LogP contribution in [0.1, 0.15) is 18.4 Å². The fourth-order valence-corrected chi connectivity index (χ4v) is 3.00. The second-order valence-corrected chi connectivity index (χ2v) is 6.36. The number of carboxylic acid groups (broad SMARTS) is 1. The number of hydrogen-bond acceptors (Lipinski definition) is 3.